The van der Waals surface area contributed by atoms with Gasteiger partial charge in [0.25, 0.3) is 0 Å². The molecular formula is C21H23F2N5O3S. The van der Waals surface area contributed by atoms with Crippen molar-refractivity contribution in [3.8, 4) is 0 Å². The van der Waals surface area contributed by atoms with E-state index in [4.69, 9.17) is 5.41 Å². The number of hydrogen-bond donors (Lipinski definition) is 3. The van der Waals surface area contributed by atoms with Gasteiger partial charge in [-0.3, -0.25) is 9.78 Å². The first-order valence-electron chi connectivity index (χ1n) is 9.78. The van der Waals surface area contributed by atoms with Gasteiger partial charge in [0, 0.05) is 50.7 Å². The molecule has 2 aromatic rings. The Hall–Kier alpha value is -3.18. The van der Waals surface area contributed by atoms with Crippen molar-refractivity contribution in [2.45, 2.75) is 30.1 Å². The van der Waals surface area contributed by atoms with Gasteiger partial charge in [-0.05, 0) is 42.0 Å². The number of nitrogens with zero attached hydrogens (tertiary/aromatic N) is 2. The molecule has 170 valence electrons. The van der Waals surface area contributed by atoms with Crippen molar-refractivity contribution in [1.29, 1.82) is 5.41 Å². The lowest BCUT2D eigenvalue weighted by molar-refractivity contribution is -0.124. The standard InChI is InChI=1S/C21H23F2N5O3S/c1-25-12-15(10-24)19-8-14(6-7-26-19)11-27-21(29)20-9-17(23)13-28(20)32(30,31)18-4-2-16(22)3-5-18/h2-8,10,12,17,20,24-25H,9,11,13H2,1H3,(H,27,29)/b15-12+,24-10?/t17-,20+/m1/s1. The van der Waals surface area contributed by atoms with E-state index in [9.17, 15) is 22.0 Å². The second-order valence-electron chi connectivity index (χ2n) is 7.18. The Morgan fingerprint density at radius 2 is 2.03 bits per heavy atom. The number of benzene rings is 1. The zero-order valence-electron chi connectivity index (χ0n) is 17.3. The number of alkyl halides is 1. The Kier molecular flexibility index (Phi) is 7.31. The van der Waals surface area contributed by atoms with Gasteiger partial charge in [0.2, 0.25) is 15.9 Å². The molecule has 1 saturated heterocycles. The topological polar surface area (TPSA) is 115 Å². The molecule has 3 rings (SSSR count). The smallest absolute Gasteiger partial charge is 0.243 e. The van der Waals surface area contributed by atoms with Gasteiger partial charge >= 0.3 is 0 Å². The minimum Gasteiger partial charge on any atom is -0.393 e. The molecule has 0 bridgehead atoms. The van der Waals surface area contributed by atoms with Crippen LogP contribution in [0.25, 0.3) is 5.57 Å². The molecule has 0 aliphatic carbocycles. The summed E-state index contributed by atoms with van der Waals surface area (Å²) in [6.07, 6.45) is 2.52. The summed E-state index contributed by atoms with van der Waals surface area (Å²) in [5, 5.41) is 12.9. The number of hydrogen-bond acceptors (Lipinski definition) is 6. The monoisotopic (exact) mass is 463 g/mol. The summed E-state index contributed by atoms with van der Waals surface area (Å²) in [7, 11) is -2.48. The molecule has 32 heavy (non-hydrogen) atoms. The van der Waals surface area contributed by atoms with Gasteiger partial charge in [-0.15, -0.1) is 0 Å². The van der Waals surface area contributed by atoms with E-state index >= 15 is 0 Å². The Morgan fingerprint density at radius 3 is 2.69 bits per heavy atom. The molecule has 1 amide bonds. The Bertz CT molecular complexity index is 1120. The number of carbonyl (C=O) groups is 1. The van der Waals surface area contributed by atoms with Gasteiger partial charge in [0.1, 0.15) is 18.0 Å². The van der Waals surface area contributed by atoms with Crippen molar-refractivity contribution in [1.82, 2.24) is 19.9 Å². The van der Waals surface area contributed by atoms with Gasteiger partial charge in [-0.25, -0.2) is 17.2 Å². The van der Waals surface area contributed by atoms with Crippen LogP contribution in [0.1, 0.15) is 17.7 Å². The van der Waals surface area contributed by atoms with E-state index in [-0.39, 0.29) is 17.9 Å². The van der Waals surface area contributed by atoms with Crippen LogP contribution in [0, 0.1) is 11.2 Å². The fourth-order valence-electron chi connectivity index (χ4n) is 3.40. The van der Waals surface area contributed by atoms with Gasteiger partial charge < -0.3 is 16.0 Å². The summed E-state index contributed by atoms with van der Waals surface area (Å²) in [6.45, 7) is -0.383. The SMILES string of the molecule is CN/C=C(\C=N)c1cc(CNC(=O)[C@@H]2C[C@@H](F)CN2S(=O)(=O)c2ccc(F)cc2)ccn1. The van der Waals surface area contributed by atoms with Crippen molar-refractivity contribution >= 4 is 27.7 Å². The van der Waals surface area contributed by atoms with Gasteiger partial charge in [0.05, 0.1) is 10.6 Å². The first-order valence-corrected chi connectivity index (χ1v) is 11.2. The lowest BCUT2D eigenvalue weighted by Gasteiger charge is -2.23. The summed E-state index contributed by atoms with van der Waals surface area (Å²) >= 11 is 0. The third-order valence-corrected chi connectivity index (χ3v) is 6.86. The third-order valence-electron chi connectivity index (χ3n) is 4.97. The first kappa shape index (κ1) is 23.5. The van der Waals surface area contributed by atoms with Crippen LogP contribution in [0.15, 0.2) is 53.7 Å². The minimum atomic E-state index is -4.18. The zero-order valence-corrected chi connectivity index (χ0v) is 18.1. The average Bonchev–Trinajstić information content (AvgIpc) is 3.19. The van der Waals surface area contributed by atoms with Crippen LogP contribution in [0.5, 0.6) is 0 Å². The van der Waals surface area contributed by atoms with Crippen LogP contribution in [0.2, 0.25) is 0 Å². The van der Waals surface area contributed by atoms with Crippen molar-refractivity contribution in [3.63, 3.8) is 0 Å². The first-order chi connectivity index (χ1) is 15.3. The lowest BCUT2D eigenvalue weighted by atomic mass is 10.1. The molecule has 3 N–H and O–H groups in total. The molecule has 0 saturated carbocycles. The summed E-state index contributed by atoms with van der Waals surface area (Å²) in [6, 6.07) is 6.31. The van der Waals surface area contributed by atoms with Crippen molar-refractivity contribution in [2.24, 2.45) is 0 Å². The zero-order chi connectivity index (χ0) is 23.3. The van der Waals surface area contributed by atoms with Gasteiger partial charge in [0.15, 0.2) is 0 Å². The number of halogens is 2. The van der Waals surface area contributed by atoms with E-state index in [1.807, 2.05) is 0 Å². The number of allylic oxidation sites excluding steroid dienone is 1. The predicted molar refractivity (Wildman–Crippen MR) is 115 cm³/mol. The highest BCUT2D eigenvalue weighted by Crippen LogP contribution is 2.28. The number of amides is 1. The normalized spacial score (nSPS) is 19.5. The van der Waals surface area contributed by atoms with E-state index in [0.29, 0.717) is 16.8 Å². The van der Waals surface area contributed by atoms with Crippen LogP contribution in [-0.2, 0) is 21.4 Å². The second kappa shape index (κ2) is 9.96. The van der Waals surface area contributed by atoms with Crippen molar-refractivity contribution < 1.29 is 22.0 Å². The van der Waals surface area contributed by atoms with E-state index in [2.05, 4.69) is 15.6 Å². The summed E-state index contributed by atoms with van der Waals surface area (Å²) in [5.41, 5.74) is 1.73. The molecule has 1 aromatic heterocycles. The average molecular weight is 464 g/mol. The highest BCUT2D eigenvalue weighted by atomic mass is 32.2. The van der Waals surface area contributed by atoms with E-state index < -0.39 is 40.5 Å². The predicted octanol–water partition coefficient (Wildman–Crippen LogP) is 1.85. The van der Waals surface area contributed by atoms with Crippen LogP contribution in [0.3, 0.4) is 0 Å². The quantitative estimate of drug-likeness (QED) is 0.517. The fourth-order valence-corrected chi connectivity index (χ4v) is 5.02. The molecule has 8 nitrogen and oxygen atoms in total. The highest BCUT2D eigenvalue weighted by molar-refractivity contribution is 7.89. The molecule has 1 fully saturated rings. The Morgan fingerprint density at radius 1 is 1.31 bits per heavy atom. The molecule has 1 aliphatic rings. The highest BCUT2D eigenvalue weighted by Gasteiger charge is 2.44. The number of sulfonamides is 1. The molecule has 0 radical (unpaired) electrons. The molecule has 1 aromatic carbocycles. The van der Waals surface area contributed by atoms with Crippen LogP contribution < -0.4 is 10.6 Å². The third kappa shape index (κ3) is 5.17. The molecule has 0 spiro atoms. The van der Waals surface area contributed by atoms with Crippen molar-refractivity contribution in [3.05, 3.63) is 65.9 Å². The maximum atomic E-state index is 14.1. The summed E-state index contributed by atoms with van der Waals surface area (Å²) in [5.74, 6) is -1.23. The van der Waals surface area contributed by atoms with Gasteiger partial charge in [-0.2, -0.15) is 4.31 Å². The number of carbonyl (C=O) groups excluding carboxylic acids is 1. The van der Waals surface area contributed by atoms with E-state index in [1.54, 1.807) is 25.4 Å². The summed E-state index contributed by atoms with van der Waals surface area (Å²) < 4.78 is 53.9. The summed E-state index contributed by atoms with van der Waals surface area (Å²) in [4.78, 5) is 16.8. The Labute approximate surface area is 184 Å². The fraction of sp³-hybridized carbons (Fsp3) is 0.286. The second-order valence-corrected chi connectivity index (χ2v) is 9.07. The minimum absolute atomic E-state index is 0.0665. The van der Waals surface area contributed by atoms with E-state index in [0.717, 1.165) is 34.8 Å². The largest absolute Gasteiger partial charge is 0.393 e. The number of pyridine rings is 1. The van der Waals surface area contributed by atoms with Gasteiger partial charge in [-0.1, -0.05) is 0 Å². The van der Waals surface area contributed by atoms with Crippen LogP contribution >= 0.6 is 0 Å². The molecule has 1 aliphatic heterocycles. The Balaban J connectivity index is 1.75. The molecule has 11 heteroatoms. The molecule has 2 atom stereocenters. The lowest BCUT2D eigenvalue weighted by Crippen LogP contribution is -2.45. The maximum absolute atomic E-state index is 14.1. The maximum Gasteiger partial charge on any atom is 0.243 e. The number of aromatic nitrogens is 1. The van der Waals surface area contributed by atoms with E-state index in [1.165, 1.54) is 6.20 Å². The molecule has 0 unspecified atom stereocenters. The number of nitrogens with one attached hydrogen (secondary N) is 3. The molecular weight excluding hydrogens is 440 g/mol. The van der Waals surface area contributed by atoms with Crippen LogP contribution in [-0.4, -0.2) is 55.6 Å². The number of rotatable bonds is 8. The van der Waals surface area contributed by atoms with Crippen molar-refractivity contribution in [2.75, 3.05) is 13.6 Å². The van der Waals surface area contributed by atoms with Crippen LogP contribution in [0.4, 0.5) is 8.78 Å². The molecule has 2 heterocycles.